The van der Waals surface area contributed by atoms with Gasteiger partial charge in [-0.15, -0.1) is 0 Å². The normalized spacial score (nSPS) is 13.6. The van der Waals surface area contributed by atoms with Gasteiger partial charge in [0.2, 0.25) is 10.0 Å². The Morgan fingerprint density at radius 2 is 1.86 bits per heavy atom. The second-order valence-corrected chi connectivity index (χ2v) is 13.9. The number of sulfone groups is 1. The average molecular weight is 544 g/mol. The van der Waals surface area contributed by atoms with E-state index in [4.69, 9.17) is 9.47 Å². The summed E-state index contributed by atoms with van der Waals surface area (Å²) in [7, 11) is -6.45. The number of aliphatic hydroxyl groups is 1. The highest BCUT2D eigenvalue weighted by atomic mass is 32.2. The molecule has 0 saturated heterocycles. The van der Waals surface area contributed by atoms with Crippen molar-refractivity contribution in [3.63, 3.8) is 0 Å². The number of nitrogens with one attached hydrogen (secondary N) is 1. The summed E-state index contributed by atoms with van der Waals surface area (Å²) < 4.78 is 79.2. The van der Waals surface area contributed by atoms with Crippen molar-refractivity contribution in [1.29, 1.82) is 0 Å². The largest absolute Gasteiger partial charge is 0.492 e. The second kappa shape index (κ2) is 9.87. The van der Waals surface area contributed by atoms with Gasteiger partial charge in [0.25, 0.3) is 0 Å². The molecule has 2 heterocycles. The van der Waals surface area contributed by atoms with Crippen LogP contribution in [0.25, 0.3) is 16.9 Å². The van der Waals surface area contributed by atoms with Crippen molar-refractivity contribution in [2.24, 2.45) is 0 Å². The van der Waals surface area contributed by atoms with E-state index >= 15 is 0 Å². The van der Waals surface area contributed by atoms with Gasteiger partial charge in [0.05, 0.1) is 41.3 Å². The number of sulfonamides is 1. The van der Waals surface area contributed by atoms with Crippen LogP contribution in [0.15, 0.2) is 35.5 Å². The topological polar surface area (TPSA) is 136 Å². The third kappa shape index (κ3) is 5.42. The molecule has 1 atom stereocenters. The number of methoxy groups -OCH3 is 1. The predicted octanol–water partition coefficient (Wildman–Crippen LogP) is 3.24. The van der Waals surface area contributed by atoms with E-state index in [-0.39, 0.29) is 40.0 Å². The number of aromatic nitrogens is 2. The number of ether oxygens (including phenoxy) is 2. The Labute approximate surface area is 210 Å². The third-order valence-electron chi connectivity index (χ3n) is 5.34. The number of nitrogens with zero attached hydrogens (tertiary/aromatic N) is 2. The van der Waals surface area contributed by atoms with Gasteiger partial charge in [0, 0.05) is 17.8 Å². The molecular weight excluding hydrogens is 513 g/mol. The summed E-state index contributed by atoms with van der Waals surface area (Å²) in [5.74, 6) is -1.32. The number of hydrogen-bond donors (Lipinski definition) is 2. The summed E-state index contributed by atoms with van der Waals surface area (Å²) in [4.78, 5) is 4.16. The Morgan fingerprint density at radius 1 is 1.19 bits per heavy atom. The molecule has 2 N–H and O–H groups in total. The first kappa shape index (κ1) is 27.7. The van der Waals surface area contributed by atoms with Crippen LogP contribution in [0, 0.1) is 5.82 Å². The molecule has 0 aliphatic carbocycles. The Morgan fingerprint density at radius 3 is 2.42 bits per heavy atom. The number of pyridine rings is 1. The summed E-state index contributed by atoms with van der Waals surface area (Å²) in [6, 6.07) is 3.95. The van der Waals surface area contributed by atoms with Crippen molar-refractivity contribution in [1.82, 2.24) is 9.38 Å². The van der Waals surface area contributed by atoms with Crippen LogP contribution in [0.3, 0.4) is 0 Å². The SMILES string of the molecule is CCS(=O)(=O)Nc1cc(-c2cnc3cc(OC[C@@H](C)O)c(S(=O)(=O)C(C)(C)C)cn23)cc(F)c1OC. The van der Waals surface area contributed by atoms with Crippen molar-refractivity contribution in [3.8, 4) is 22.8 Å². The molecule has 0 fully saturated rings. The third-order valence-corrected chi connectivity index (χ3v) is 9.13. The number of aliphatic hydroxyl groups excluding tert-OH is 1. The van der Waals surface area contributed by atoms with Crippen LogP contribution in [0.1, 0.15) is 34.6 Å². The quantitative estimate of drug-likeness (QED) is 0.420. The summed E-state index contributed by atoms with van der Waals surface area (Å²) >= 11 is 0. The Kier molecular flexibility index (Phi) is 7.59. The number of fused-ring (bicyclic) bond motifs is 1. The highest BCUT2D eigenvalue weighted by Crippen LogP contribution is 2.37. The minimum absolute atomic E-state index is 0.0211. The van der Waals surface area contributed by atoms with Gasteiger partial charge in [0.15, 0.2) is 21.4 Å². The maximum atomic E-state index is 14.9. The van der Waals surface area contributed by atoms with E-state index in [2.05, 4.69) is 9.71 Å². The maximum absolute atomic E-state index is 14.9. The van der Waals surface area contributed by atoms with E-state index in [0.29, 0.717) is 11.3 Å². The molecule has 0 aliphatic rings. The molecule has 3 aromatic rings. The van der Waals surface area contributed by atoms with Crippen molar-refractivity contribution < 1.29 is 35.8 Å². The van der Waals surface area contributed by atoms with Crippen LogP contribution in [-0.2, 0) is 19.9 Å². The van der Waals surface area contributed by atoms with Gasteiger partial charge in [-0.1, -0.05) is 0 Å². The molecule has 0 bridgehead atoms. The molecule has 0 spiro atoms. The van der Waals surface area contributed by atoms with Crippen LogP contribution < -0.4 is 14.2 Å². The molecule has 0 radical (unpaired) electrons. The van der Waals surface area contributed by atoms with Gasteiger partial charge in [-0.25, -0.2) is 26.2 Å². The first-order valence-corrected chi connectivity index (χ1v) is 14.2. The zero-order valence-electron chi connectivity index (χ0n) is 20.9. The van der Waals surface area contributed by atoms with E-state index in [0.717, 1.165) is 6.07 Å². The molecule has 0 amide bonds. The van der Waals surface area contributed by atoms with E-state index in [9.17, 15) is 26.3 Å². The number of anilines is 1. The second-order valence-electron chi connectivity index (χ2n) is 9.19. The fraction of sp³-hybridized carbons (Fsp3) is 0.435. The molecular formula is C23H30FN3O7S2. The zero-order chi connectivity index (χ0) is 27.1. The zero-order valence-corrected chi connectivity index (χ0v) is 22.5. The maximum Gasteiger partial charge on any atom is 0.232 e. The minimum atomic E-state index is -3.92. The van der Waals surface area contributed by atoms with Crippen molar-refractivity contribution in [2.75, 3.05) is 24.2 Å². The Hall–Kier alpha value is -2.90. The molecule has 1 aromatic carbocycles. The number of rotatable bonds is 9. The van der Waals surface area contributed by atoms with Crippen LogP contribution in [0.4, 0.5) is 10.1 Å². The summed E-state index contributed by atoms with van der Waals surface area (Å²) in [6.45, 7) is 7.45. The molecule has 0 aliphatic heterocycles. The lowest BCUT2D eigenvalue weighted by atomic mass is 10.1. The van der Waals surface area contributed by atoms with Gasteiger partial charge in [-0.05, 0) is 46.8 Å². The highest BCUT2D eigenvalue weighted by molar-refractivity contribution is 7.93. The lowest BCUT2D eigenvalue weighted by molar-refractivity contribution is 0.121. The number of benzene rings is 1. The fourth-order valence-electron chi connectivity index (χ4n) is 3.32. The van der Waals surface area contributed by atoms with Crippen molar-refractivity contribution in [2.45, 2.75) is 50.4 Å². The monoisotopic (exact) mass is 543 g/mol. The van der Waals surface area contributed by atoms with E-state index in [1.54, 1.807) is 20.8 Å². The van der Waals surface area contributed by atoms with Crippen molar-refractivity contribution in [3.05, 3.63) is 36.4 Å². The van der Waals surface area contributed by atoms with Crippen molar-refractivity contribution >= 4 is 31.2 Å². The number of imidazole rings is 1. The molecule has 10 nitrogen and oxygen atoms in total. The molecule has 0 unspecified atom stereocenters. The summed E-state index contributed by atoms with van der Waals surface area (Å²) in [5.41, 5.74) is 0.719. The Balaban J connectivity index is 2.28. The van der Waals surface area contributed by atoms with Crippen LogP contribution in [0.2, 0.25) is 0 Å². The van der Waals surface area contributed by atoms with E-state index in [1.807, 2.05) is 0 Å². The molecule has 2 aromatic heterocycles. The molecule has 0 saturated carbocycles. The van der Waals surface area contributed by atoms with Gasteiger partial charge >= 0.3 is 0 Å². The lowest BCUT2D eigenvalue weighted by Gasteiger charge is -2.22. The van der Waals surface area contributed by atoms with Crippen LogP contribution >= 0.6 is 0 Å². The summed E-state index contributed by atoms with van der Waals surface area (Å²) in [5, 5.41) is 9.64. The first-order valence-electron chi connectivity index (χ1n) is 11.1. The molecule has 36 heavy (non-hydrogen) atoms. The number of hydrogen-bond acceptors (Lipinski definition) is 8. The molecule has 198 valence electrons. The van der Waals surface area contributed by atoms with E-state index < -0.39 is 36.5 Å². The standard InChI is InChI=1S/C23H30FN3O7S2/c1-7-35(29,30)26-17-9-15(8-16(24)22(17)33-6)18-11-25-21-10-19(34-13-14(2)28)20(12-27(18)21)36(31,32)23(3,4)5/h8-12,14,26,28H,7,13H2,1-6H3/t14-/m1/s1. The van der Waals surface area contributed by atoms with E-state index in [1.165, 1.54) is 49.9 Å². The van der Waals surface area contributed by atoms with Gasteiger partial charge in [0.1, 0.15) is 22.9 Å². The summed E-state index contributed by atoms with van der Waals surface area (Å²) in [6.07, 6.45) is 1.89. The fourth-order valence-corrected chi connectivity index (χ4v) is 5.24. The highest BCUT2D eigenvalue weighted by Gasteiger charge is 2.34. The smallest absolute Gasteiger partial charge is 0.232 e. The van der Waals surface area contributed by atoms with Gasteiger partial charge in [-0.3, -0.25) is 9.12 Å². The van der Waals surface area contributed by atoms with Gasteiger partial charge in [-0.2, -0.15) is 0 Å². The van der Waals surface area contributed by atoms with Crippen LogP contribution in [0.5, 0.6) is 11.5 Å². The van der Waals surface area contributed by atoms with Crippen LogP contribution in [-0.4, -0.2) is 61.6 Å². The minimum Gasteiger partial charge on any atom is -0.492 e. The first-order chi connectivity index (χ1) is 16.6. The predicted molar refractivity (Wildman–Crippen MR) is 134 cm³/mol. The molecule has 13 heteroatoms. The number of halogens is 1. The molecule has 3 rings (SSSR count). The average Bonchev–Trinajstić information content (AvgIpc) is 3.18. The Bertz CT molecular complexity index is 1490. The van der Waals surface area contributed by atoms with Gasteiger partial charge < -0.3 is 14.6 Å². The lowest BCUT2D eigenvalue weighted by Crippen LogP contribution is -2.29.